The van der Waals surface area contributed by atoms with E-state index in [1.54, 1.807) is 12.3 Å². The third-order valence-corrected chi connectivity index (χ3v) is 5.81. The lowest BCUT2D eigenvalue weighted by molar-refractivity contribution is 0.103. The number of nitrogens with zero attached hydrogens (tertiary/aromatic N) is 2. The molecular formula is C20H17N3O3S2. The Kier molecular flexibility index (Phi) is 4.97. The summed E-state index contributed by atoms with van der Waals surface area (Å²) in [4.78, 5) is 31.4. The first-order valence-corrected chi connectivity index (χ1v) is 10.3. The van der Waals surface area contributed by atoms with Gasteiger partial charge in [-0.2, -0.15) is 0 Å². The molecule has 0 aliphatic carbocycles. The van der Waals surface area contributed by atoms with Gasteiger partial charge in [-0.15, -0.1) is 22.7 Å². The average Bonchev–Trinajstić information content (AvgIpc) is 3.31. The van der Waals surface area contributed by atoms with Gasteiger partial charge < -0.3 is 10.1 Å². The van der Waals surface area contributed by atoms with Crippen LogP contribution < -0.4 is 15.6 Å². The Labute approximate surface area is 169 Å². The minimum absolute atomic E-state index is 0.133. The van der Waals surface area contributed by atoms with E-state index in [4.69, 9.17) is 4.74 Å². The molecule has 0 fully saturated rings. The van der Waals surface area contributed by atoms with Gasteiger partial charge in [-0.3, -0.25) is 14.0 Å². The largest absolute Gasteiger partial charge is 0.485 e. The van der Waals surface area contributed by atoms with Gasteiger partial charge in [0.25, 0.3) is 11.5 Å². The molecule has 4 rings (SSSR count). The lowest BCUT2D eigenvalue weighted by atomic mass is 10.2. The number of ether oxygens (including phenoxy) is 1. The molecule has 0 radical (unpaired) electrons. The van der Waals surface area contributed by atoms with Crippen molar-refractivity contribution in [2.75, 3.05) is 5.32 Å². The number of hydrogen-bond acceptors (Lipinski definition) is 6. The van der Waals surface area contributed by atoms with Crippen molar-refractivity contribution in [3.05, 3.63) is 79.3 Å². The number of benzene rings is 1. The van der Waals surface area contributed by atoms with Gasteiger partial charge in [-0.25, -0.2) is 4.98 Å². The van der Waals surface area contributed by atoms with Crippen molar-refractivity contribution in [2.45, 2.75) is 20.5 Å². The Morgan fingerprint density at radius 3 is 2.89 bits per heavy atom. The lowest BCUT2D eigenvalue weighted by Gasteiger charge is -2.13. The van der Waals surface area contributed by atoms with Gasteiger partial charge in [0.1, 0.15) is 12.4 Å². The number of hydrogen-bond donors (Lipinski definition) is 1. The summed E-state index contributed by atoms with van der Waals surface area (Å²) in [5.74, 6) is 0.352. The first-order valence-electron chi connectivity index (χ1n) is 8.56. The van der Waals surface area contributed by atoms with Gasteiger partial charge in [0.15, 0.2) is 4.96 Å². The quantitative estimate of drug-likeness (QED) is 0.532. The Balaban J connectivity index is 1.57. The van der Waals surface area contributed by atoms with E-state index in [9.17, 15) is 9.59 Å². The maximum atomic E-state index is 12.4. The fraction of sp³-hybridized carbons (Fsp3) is 0.150. The van der Waals surface area contributed by atoms with E-state index in [0.29, 0.717) is 27.0 Å². The Morgan fingerprint density at radius 1 is 1.25 bits per heavy atom. The average molecular weight is 412 g/mol. The van der Waals surface area contributed by atoms with Crippen molar-refractivity contribution < 1.29 is 9.53 Å². The molecule has 3 aromatic heterocycles. The highest BCUT2D eigenvalue weighted by Crippen LogP contribution is 2.27. The number of thiophene rings is 1. The molecule has 0 aliphatic heterocycles. The predicted molar refractivity (Wildman–Crippen MR) is 112 cm³/mol. The molecule has 142 valence electrons. The van der Waals surface area contributed by atoms with Crippen molar-refractivity contribution in [1.82, 2.24) is 9.38 Å². The smallest absolute Gasteiger partial charge is 0.265 e. The molecule has 0 spiro atoms. The minimum Gasteiger partial charge on any atom is -0.485 e. The number of nitrogens with one attached hydrogen (secondary N) is 1. The highest BCUT2D eigenvalue weighted by molar-refractivity contribution is 7.16. The number of rotatable bonds is 5. The van der Waals surface area contributed by atoms with Crippen molar-refractivity contribution in [2.24, 2.45) is 0 Å². The van der Waals surface area contributed by atoms with Crippen LogP contribution >= 0.6 is 22.7 Å². The van der Waals surface area contributed by atoms with Gasteiger partial charge in [0, 0.05) is 17.1 Å². The summed E-state index contributed by atoms with van der Waals surface area (Å²) in [5, 5.41) is 4.74. The Hall–Kier alpha value is -2.97. The molecule has 4 aromatic rings. The third-order valence-electron chi connectivity index (χ3n) is 4.04. The van der Waals surface area contributed by atoms with E-state index < -0.39 is 0 Å². The number of aromatic nitrogens is 2. The second-order valence-electron chi connectivity index (χ2n) is 6.30. The molecule has 1 amide bonds. The zero-order valence-corrected chi connectivity index (χ0v) is 16.9. The molecule has 1 N–H and O–H groups in total. The maximum Gasteiger partial charge on any atom is 0.265 e. The van der Waals surface area contributed by atoms with E-state index in [2.05, 4.69) is 10.3 Å². The molecule has 0 saturated heterocycles. The molecule has 0 unspecified atom stereocenters. The molecule has 0 saturated carbocycles. The molecule has 3 heterocycles. The molecule has 0 bridgehead atoms. The van der Waals surface area contributed by atoms with Crippen LogP contribution in [0.5, 0.6) is 5.75 Å². The van der Waals surface area contributed by atoms with Crippen LogP contribution in [0, 0.1) is 13.8 Å². The summed E-state index contributed by atoms with van der Waals surface area (Å²) >= 11 is 2.83. The van der Waals surface area contributed by atoms with Gasteiger partial charge >= 0.3 is 0 Å². The maximum absolute atomic E-state index is 12.4. The van der Waals surface area contributed by atoms with Crippen LogP contribution in [0.25, 0.3) is 4.96 Å². The fourth-order valence-electron chi connectivity index (χ4n) is 2.73. The zero-order chi connectivity index (χ0) is 19.7. The Bertz CT molecular complexity index is 1210. The lowest BCUT2D eigenvalue weighted by Crippen LogP contribution is -2.15. The molecule has 6 nitrogen and oxygen atoms in total. The van der Waals surface area contributed by atoms with E-state index in [1.807, 2.05) is 43.5 Å². The molecule has 0 aliphatic rings. The van der Waals surface area contributed by atoms with Crippen molar-refractivity contribution in [1.29, 1.82) is 0 Å². The number of fused-ring (bicyclic) bond motifs is 1. The highest BCUT2D eigenvalue weighted by atomic mass is 32.1. The van der Waals surface area contributed by atoms with Gasteiger partial charge in [0.2, 0.25) is 0 Å². The molecule has 1 aromatic carbocycles. The summed E-state index contributed by atoms with van der Waals surface area (Å²) in [7, 11) is 0. The van der Waals surface area contributed by atoms with Crippen LogP contribution in [0.3, 0.4) is 0 Å². The number of thiazole rings is 1. The van der Waals surface area contributed by atoms with Crippen molar-refractivity contribution in [3.63, 3.8) is 0 Å². The second-order valence-corrected chi connectivity index (χ2v) is 8.46. The molecular weight excluding hydrogens is 394 g/mol. The van der Waals surface area contributed by atoms with Gasteiger partial charge in [0.05, 0.1) is 16.3 Å². The van der Waals surface area contributed by atoms with Crippen LogP contribution in [-0.2, 0) is 6.61 Å². The van der Waals surface area contributed by atoms with Crippen LogP contribution in [-0.4, -0.2) is 15.3 Å². The summed E-state index contributed by atoms with van der Waals surface area (Å²) < 4.78 is 7.45. The summed E-state index contributed by atoms with van der Waals surface area (Å²) in [6.45, 7) is 4.02. The molecule has 8 heteroatoms. The van der Waals surface area contributed by atoms with Crippen LogP contribution in [0.2, 0.25) is 0 Å². The first kappa shape index (κ1) is 18.4. The monoisotopic (exact) mass is 411 g/mol. The number of carbonyl (C=O) groups is 1. The minimum atomic E-state index is -0.185. The van der Waals surface area contributed by atoms with E-state index in [1.165, 1.54) is 33.1 Å². The van der Waals surface area contributed by atoms with Gasteiger partial charge in [-0.05, 0) is 43.0 Å². The van der Waals surface area contributed by atoms with Gasteiger partial charge in [-0.1, -0.05) is 12.1 Å². The second kappa shape index (κ2) is 7.57. The molecule has 0 atom stereocenters. The first-order chi connectivity index (χ1) is 13.5. The number of carbonyl (C=O) groups excluding carboxylic acids is 1. The summed E-state index contributed by atoms with van der Waals surface area (Å²) in [6, 6.07) is 10.6. The standard InChI is InChI=1S/C20H17N3O3S2/c1-12-5-6-15(22-19(25)17-4-3-7-27-17)16(8-12)26-11-14-9-18(24)23-10-13(2)28-20(23)21-14/h3-10H,11H2,1-2H3,(H,22,25). The van der Waals surface area contributed by atoms with Crippen molar-refractivity contribution in [3.8, 4) is 5.75 Å². The summed E-state index contributed by atoms with van der Waals surface area (Å²) in [6.07, 6.45) is 1.78. The Morgan fingerprint density at radius 2 is 2.11 bits per heavy atom. The SMILES string of the molecule is Cc1ccc(NC(=O)c2cccs2)c(OCc2cc(=O)n3cc(C)sc3n2)c1. The van der Waals surface area contributed by atoms with E-state index in [0.717, 1.165) is 10.4 Å². The van der Waals surface area contributed by atoms with Crippen LogP contribution in [0.15, 0.2) is 52.8 Å². The fourth-order valence-corrected chi connectivity index (χ4v) is 4.20. The third kappa shape index (κ3) is 3.83. The van der Waals surface area contributed by atoms with E-state index >= 15 is 0 Å². The topological polar surface area (TPSA) is 72.7 Å². The number of amides is 1. The summed E-state index contributed by atoms with van der Waals surface area (Å²) in [5.41, 5.74) is 1.99. The van der Waals surface area contributed by atoms with Crippen LogP contribution in [0.1, 0.15) is 25.8 Å². The predicted octanol–water partition coefficient (Wildman–Crippen LogP) is 4.27. The van der Waals surface area contributed by atoms with Crippen molar-refractivity contribution >= 4 is 39.2 Å². The molecule has 28 heavy (non-hydrogen) atoms. The van der Waals surface area contributed by atoms with E-state index in [-0.39, 0.29) is 18.1 Å². The number of anilines is 1. The highest BCUT2D eigenvalue weighted by Gasteiger charge is 2.12. The zero-order valence-electron chi connectivity index (χ0n) is 15.3. The van der Waals surface area contributed by atoms with Crippen LogP contribution in [0.4, 0.5) is 5.69 Å². The number of aryl methyl sites for hydroxylation is 2. The normalized spacial score (nSPS) is 10.9.